The van der Waals surface area contributed by atoms with Gasteiger partial charge in [-0.15, -0.1) is 0 Å². The highest BCUT2D eigenvalue weighted by Gasteiger charge is 2.21. The number of halogens is 4. The SMILES string of the molecule is O=C(COc1cc(Cl)cc(Cl)c1)NC(Cc1ccc(Cl)c(Cl)c1)C(=O)O. The van der Waals surface area contributed by atoms with Crippen LogP contribution in [-0.2, 0) is 16.0 Å². The molecule has 9 heteroatoms. The molecule has 2 aromatic carbocycles. The summed E-state index contributed by atoms with van der Waals surface area (Å²) in [5, 5.41) is 13.1. The third kappa shape index (κ3) is 6.25. The number of rotatable bonds is 7. The van der Waals surface area contributed by atoms with E-state index in [0.717, 1.165) is 0 Å². The van der Waals surface area contributed by atoms with Crippen LogP contribution in [0.5, 0.6) is 5.75 Å². The zero-order chi connectivity index (χ0) is 19.3. The van der Waals surface area contributed by atoms with Gasteiger partial charge in [0.1, 0.15) is 11.8 Å². The Morgan fingerprint density at radius 2 is 1.65 bits per heavy atom. The summed E-state index contributed by atoms with van der Waals surface area (Å²) < 4.78 is 5.28. The van der Waals surface area contributed by atoms with Gasteiger partial charge in [-0.1, -0.05) is 52.5 Å². The van der Waals surface area contributed by atoms with Crippen LogP contribution in [0.3, 0.4) is 0 Å². The van der Waals surface area contributed by atoms with Crippen molar-refractivity contribution in [1.82, 2.24) is 5.32 Å². The summed E-state index contributed by atoms with van der Waals surface area (Å²) >= 11 is 23.4. The van der Waals surface area contributed by atoms with Crippen molar-refractivity contribution < 1.29 is 19.4 Å². The zero-order valence-corrected chi connectivity index (χ0v) is 16.2. The van der Waals surface area contributed by atoms with Gasteiger partial charge >= 0.3 is 5.97 Å². The Kier molecular flexibility index (Phi) is 7.41. The van der Waals surface area contributed by atoms with E-state index in [2.05, 4.69) is 5.32 Å². The molecule has 138 valence electrons. The molecule has 0 saturated carbocycles. The fourth-order valence-corrected chi connectivity index (χ4v) is 2.93. The van der Waals surface area contributed by atoms with Crippen LogP contribution in [0.1, 0.15) is 5.56 Å². The molecule has 1 atom stereocenters. The predicted octanol–water partition coefficient (Wildman–Crippen LogP) is 4.49. The number of carboxylic acid groups (broad SMARTS) is 1. The fraction of sp³-hybridized carbons (Fsp3) is 0.176. The minimum Gasteiger partial charge on any atom is -0.484 e. The van der Waals surface area contributed by atoms with Crippen LogP contribution in [0.4, 0.5) is 0 Å². The molecule has 1 unspecified atom stereocenters. The van der Waals surface area contributed by atoms with E-state index in [9.17, 15) is 14.7 Å². The van der Waals surface area contributed by atoms with Crippen molar-refractivity contribution in [2.24, 2.45) is 0 Å². The Labute approximate surface area is 169 Å². The first-order valence-corrected chi connectivity index (χ1v) is 8.81. The smallest absolute Gasteiger partial charge is 0.326 e. The maximum absolute atomic E-state index is 12.0. The van der Waals surface area contributed by atoms with Gasteiger partial charge in [-0.2, -0.15) is 0 Å². The molecule has 2 N–H and O–H groups in total. The lowest BCUT2D eigenvalue weighted by Gasteiger charge is -2.15. The first-order valence-electron chi connectivity index (χ1n) is 7.29. The van der Waals surface area contributed by atoms with Crippen molar-refractivity contribution >= 4 is 58.3 Å². The quantitative estimate of drug-likeness (QED) is 0.670. The minimum atomic E-state index is -1.18. The van der Waals surface area contributed by atoms with E-state index in [1.54, 1.807) is 18.2 Å². The van der Waals surface area contributed by atoms with Gasteiger partial charge < -0.3 is 15.2 Å². The lowest BCUT2D eigenvalue weighted by Crippen LogP contribution is -2.44. The summed E-state index contributed by atoms with van der Waals surface area (Å²) in [7, 11) is 0. The molecule has 0 saturated heterocycles. The molecule has 0 fully saturated rings. The Morgan fingerprint density at radius 1 is 1.00 bits per heavy atom. The second-order valence-corrected chi connectivity index (χ2v) is 6.99. The summed E-state index contributed by atoms with van der Waals surface area (Å²) in [6, 6.07) is 8.11. The first-order chi connectivity index (χ1) is 12.2. The lowest BCUT2D eigenvalue weighted by molar-refractivity contribution is -0.142. The number of carbonyl (C=O) groups excluding carboxylic acids is 1. The summed E-state index contributed by atoms with van der Waals surface area (Å²) in [5.41, 5.74) is 0.620. The minimum absolute atomic E-state index is 0.0426. The third-order valence-electron chi connectivity index (χ3n) is 3.26. The van der Waals surface area contributed by atoms with Gasteiger partial charge in [0.25, 0.3) is 5.91 Å². The third-order valence-corrected chi connectivity index (χ3v) is 4.44. The first kappa shape index (κ1) is 20.6. The fourth-order valence-electron chi connectivity index (χ4n) is 2.10. The molecular formula is C17H13Cl4NO4. The van der Waals surface area contributed by atoms with Gasteiger partial charge in [0.2, 0.25) is 0 Å². The molecule has 26 heavy (non-hydrogen) atoms. The highest BCUT2D eigenvalue weighted by atomic mass is 35.5. The van der Waals surface area contributed by atoms with Gasteiger partial charge in [0.05, 0.1) is 10.0 Å². The van der Waals surface area contributed by atoms with Crippen LogP contribution in [0.15, 0.2) is 36.4 Å². The van der Waals surface area contributed by atoms with Crippen molar-refractivity contribution in [2.45, 2.75) is 12.5 Å². The van der Waals surface area contributed by atoms with Gasteiger partial charge in [-0.25, -0.2) is 4.79 Å². The second kappa shape index (κ2) is 9.33. The summed E-state index contributed by atoms with van der Waals surface area (Å²) in [6.45, 7) is -0.387. The van der Waals surface area contributed by atoms with Crippen LogP contribution >= 0.6 is 46.4 Å². The Hall–Kier alpha value is -1.66. The highest BCUT2D eigenvalue weighted by molar-refractivity contribution is 6.42. The zero-order valence-electron chi connectivity index (χ0n) is 13.1. The van der Waals surface area contributed by atoms with Crippen LogP contribution < -0.4 is 10.1 Å². The maximum atomic E-state index is 12.0. The number of nitrogens with one attached hydrogen (secondary N) is 1. The molecule has 1 amide bonds. The number of aliphatic carboxylic acids is 1. The number of hydrogen-bond donors (Lipinski definition) is 2. The number of ether oxygens (including phenoxy) is 1. The molecule has 2 rings (SSSR count). The molecule has 2 aromatic rings. The van der Waals surface area contributed by atoms with Crippen molar-refractivity contribution in [2.75, 3.05) is 6.61 Å². The van der Waals surface area contributed by atoms with Crippen molar-refractivity contribution in [1.29, 1.82) is 0 Å². The van der Waals surface area contributed by atoms with E-state index in [0.29, 0.717) is 31.4 Å². The van der Waals surface area contributed by atoms with Crippen LogP contribution in [0.2, 0.25) is 20.1 Å². The number of carboxylic acids is 1. The van der Waals surface area contributed by atoms with E-state index < -0.39 is 17.9 Å². The Balaban J connectivity index is 1.96. The summed E-state index contributed by atoms with van der Waals surface area (Å²) in [6.07, 6.45) is 0.0426. The molecular weight excluding hydrogens is 424 g/mol. The van der Waals surface area contributed by atoms with E-state index in [1.807, 2.05) is 0 Å². The topological polar surface area (TPSA) is 75.6 Å². The average molecular weight is 437 g/mol. The monoisotopic (exact) mass is 435 g/mol. The maximum Gasteiger partial charge on any atom is 0.326 e. The standard InChI is InChI=1S/C17H13Cl4NO4/c18-10-5-11(19)7-12(6-10)26-8-16(23)22-15(17(24)25)4-9-1-2-13(20)14(21)3-9/h1-3,5-7,15H,4,8H2,(H,22,23)(H,24,25). The van der Waals surface area contributed by atoms with E-state index >= 15 is 0 Å². The molecule has 0 heterocycles. The molecule has 0 bridgehead atoms. The predicted molar refractivity (Wildman–Crippen MR) is 102 cm³/mol. The average Bonchev–Trinajstić information content (AvgIpc) is 2.55. The summed E-state index contributed by atoms with van der Waals surface area (Å²) in [5.74, 6) is -1.49. The highest BCUT2D eigenvalue weighted by Crippen LogP contribution is 2.24. The van der Waals surface area contributed by atoms with Crippen molar-refractivity contribution in [3.8, 4) is 5.75 Å². The van der Waals surface area contributed by atoms with Gasteiger partial charge in [0.15, 0.2) is 6.61 Å². The molecule has 0 aliphatic heterocycles. The van der Waals surface area contributed by atoms with Crippen molar-refractivity contribution in [3.63, 3.8) is 0 Å². The number of hydrogen-bond acceptors (Lipinski definition) is 3. The van der Waals surface area contributed by atoms with Gasteiger partial charge in [0, 0.05) is 16.5 Å². The number of benzene rings is 2. The van der Waals surface area contributed by atoms with Gasteiger partial charge in [-0.3, -0.25) is 4.79 Å². The van der Waals surface area contributed by atoms with E-state index in [-0.39, 0.29) is 13.0 Å². The summed E-state index contributed by atoms with van der Waals surface area (Å²) in [4.78, 5) is 23.4. The van der Waals surface area contributed by atoms with E-state index in [4.69, 9.17) is 51.1 Å². The molecule has 0 aromatic heterocycles. The molecule has 0 radical (unpaired) electrons. The molecule has 5 nitrogen and oxygen atoms in total. The number of amides is 1. The normalized spacial score (nSPS) is 11.7. The second-order valence-electron chi connectivity index (χ2n) is 5.30. The molecule has 0 aliphatic rings. The Bertz CT molecular complexity index is 808. The lowest BCUT2D eigenvalue weighted by atomic mass is 10.1. The van der Waals surface area contributed by atoms with Crippen LogP contribution in [0.25, 0.3) is 0 Å². The van der Waals surface area contributed by atoms with Crippen LogP contribution in [-0.4, -0.2) is 29.6 Å². The van der Waals surface area contributed by atoms with Crippen molar-refractivity contribution in [3.05, 3.63) is 62.1 Å². The Morgan fingerprint density at radius 3 is 2.23 bits per heavy atom. The van der Waals surface area contributed by atoms with E-state index in [1.165, 1.54) is 18.2 Å². The molecule has 0 spiro atoms. The molecule has 0 aliphatic carbocycles. The van der Waals surface area contributed by atoms with Crippen LogP contribution in [0, 0.1) is 0 Å². The largest absolute Gasteiger partial charge is 0.484 e. The number of carbonyl (C=O) groups is 2. The van der Waals surface area contributed by atoms with Gasteiger partial charge in [-0.05, 0) is 35.9 Å².